The number of carbonyl (C=O) groups excluding carboxylic acids is 2. The van der Waals surface area contributed by atoms with Gasteiger partial charge in [0.05, 0.1) is 0 Å². The maximum atomic E-state index is 12.0. The van der Waals surface area contributed by atoms with E-state index in [1.807, 2.05) is 44.2 Å². The van der Waals surface area contributed by atoms with E-state index in [4.69, 9.17) is 4.74 Å². The molecule has 0 spiro atoms. The summed E-state index contributed by atoms with van der Waals surface area (Å²) in [7, 11) is 0. The van der Waals surface area contributed by atoms with Crippen LogP contribution in [0.5, 0.6) is 5.75 Å². The first kappa shape index (κ1) is 18.5. The molecule has 2 rings (SSSR count). The summed E-state index contributed by atoms with van der Waals surface area (Å²) in [6, 6.07) is 13.0. The van der Waals surface area contributed by atoms with Crippen LogP contribution in [0.25, 0.3) is 0 Å². The van der Waals surface area contributed by atoms with Crippen LogP contribution >= 0.6 is 0 Å². The first-order chi connectivity index (χ1) is 11.9. The number of rotatable bonds is 5. The van der Waals surface area contributed by atoms with Crippen molar-refractivity contribution in [3.8, 4) is 5.75 Å². The van der Waals surface area contributed by atoms with Gasteiger partial charge in [-0.2, -0.15) is 0 Å². The quantitative estimate of drug-likeness (QED) is 0.821. The predicted molar refractivity (Wildman–Crippen MR) is 97.6 cm³/mol. The molecule has 0 aliphatic rings. The molecular formula is C20H24N2O3. The fourth-order valence-corrected chi connectivity index (χ4v) is 2.28. The topological polar surface area (TPSA) is 67.4 Å². The van der Waals surface area contributed by atoms with Gasteiger partial charge in [0.1, 0.15) is 5.75 Å². The van der Waals surface area contributed by atoms with Gasteiger partial charge >= 0.3 is 0 Å². The molecule has 0 atom stereocenters. The van der Waals surface area contributed by atoms with Crippen molar-refractivity contribution in [3.05, 3.63) is 64.7 Å². The van der Waals surface area contributed by atoms with E-state index >= 15 is 0 Å². The average molecular weight is 340 g/mol. The van der Waals surface area contributed by atoms with Gasteiger partial charge in [0.25, 0.3) is 11.8 Å². The smallest absolute Gasteiger partial charge is 0.276 e. The predicted octanol–water partition coefficient (Wildman–Crippen LogP) is 3.27. The second-order valence-corrected chi connectivity index (χ2v) is 6.27. The minimum atomic E-state index is -0.423. The van der Waals surface area contributed by atoms with E-state index in [1.165, 1.54) is 0 Å². The summed E-state index contributed by atoms with van der Waals surface area (Å²) in [5.41, 5.74) is 8.48. The highest BCUT2D eigenvalue weighted by molar-refractivity contribution is 5.95. The lowest BCUT2D eigenvalue weighted by Gasteiger charge is -2.12. The third-order valence-corrected chi connectivity index (χ3v) is 4.07. The van der Waals surface area contributed by atoms with Gasteiger partial charge < -0.3 is 4.74 Å². The minimum Gasteiger partial charge on any atom is -0.483 e. The van der Waals surface area contributed by atoms with Gasteiger partial charge in [-0.15, -0.1) is 0 Å². The Morgan fingerprint density at radius 2 is 1.68 bits per heavy atom. The highest BCUT2D eigenvalue weighted by Crippen LogP contribution is 2.20. The Labute approximate surface area is 148 Å². The molecule has 0 bridgehead atoms. The van der Waals surface area contributed by atoms with Crippen molar-refractivity contribution < 1.29 is 14.3 Å². The highest BCUT2D eigenvalue weighted by Gasteiger charge is 2.09. The number of amides is 2. The van der Waals surface area contributed by atoms with Crippen LogP contribution in [-0.2, 0) is 4.79 Å². The Balaban J connectivity index is 1.83. The summed E-state index contributed by atoms with van der Waals surface area (Å²) in [5, 5.41) is 0. The molecule has 25 heavy (non-hydrogen) atoms. The lowest BCUT2D eigenvalue weighted by Crippen LogP contribution is -2.43. The van der Waals surface area contributed by atoms with Crippen molar-refractivity contribution >= 4 is 11.8 Å². The fraction of sp³-hybridized carbons (Fsp3) is 0.300. The van der Waals surface area contributed by atoms with Gasteiger partial charge in [-0.05, 0) is 54.7 Å². The molecule has 0 heterocycles. The number of ether oxygens (including phenoxy) is 1. The summed E-state index contributed by atoms with van der Waals surface area (Å²) in [6.07, 6.45) is 0. The normalized spacial score (nSPS) is 10.4. The van der Waals surface area contributed by atoms with Crippen molar-refractivity contribution in [1.29, 1.82) is 0 Å². The van der Waals surface area contributed by atoms with Gasteiger partial charge in [-0.1, -0.05) is 38.1 Å². The molecule has 0 unspecified atom stereocenters. The maximum absolute atomic E-state index is 12.0. The molecule has 5 heteroatoms. The van der Waals surface area contributed by atoms with Gasteiger partial charge in [0.2, 0.25) is 0 Å². The van der Waals surface area contributed by atoms with Crippen molar-refractivity contribution in [2.24, 2.45) is 0 Å². The second-order valence-electron chi connectivity index (χ2n) is 6.27. The third-order valence-electron chi connectivity index (χ3n) is 4.07. The van der Waals surface area contributed by atoms with Crippen LogP contribution < -0.4 is 15.6 Å². The molecule has 2 aromatic carbocycles. The molecule has 0 saturated carbocycles. The molecule has 5 nitrogen and oxygen atoms in total. The van der Waals surface area contributed by atoms with Crippen LogP contribution in [-0.4, -0.2) is 18.4 Å². The van der Waals surface area contributed by atoms with E-state index in [1.54, 1.807) is 12.1 Å². The zero-order valence-corrected chi connectivity index (χ0v) is 15.1. The van der Waals surface area contributed by atoms with Crippen LogP contribution in [0.4, 0.5) is 0 Å². The molecular weight excluding hydrogens is 316 g/mol. The number of hydrogen-bond acceptors (Lipinski definition) is 3. The summed E-state index contributed by atoms with van der Waals surface area (Å²) in [5.74, 6) is 0.272. The number of hydrazine groups is 1. The molecule has 132 valence electrons. The molecule has 2 N–H and O–H groups in total. The Morgan fingerprint density at radius 3 is 2.32 bits per heavy atom. The Kier molecular flexibility index (Phi) is 6.17. The first-order valence-electron chi connectivity index (χ1n) is 8.26. The van der Waals surface area contributed by atoms with Gasteiger partial charge in [0.15, 0.2) is 6.61 Å². The first-order valence-corrected chi connectivity index (χ1v) is 8.26. The molecule has 0 aromatic heterocycles. The Hall–Kier alpha value is -2.82. The Morgan fingerprint density at radius 1 is 1.00 bits per heavy atom. The molecule has 0 aliphatic heterocycles. The van der Waals surface area contributed by atoms with Crippen molar-refractivity contribution in [2.45, 2.75) is 33.6 Å². The van der Waals surface area contributed by atoms with Crippen molar-refractivity contribution in [3.63, 3.8) is 0 Å². The van der Waals surface area contributed by atoms with Crippen molar-refractivity contribution in [1.82, 2.24) is 10.9 Å². The summed E-state index contributed by atoms with van der Waals surface area (Å²) in [6.45, 7) is 7.92. The lowest BCUT2D eigenvalue weighted by atomic mass is 10.0. The van der Waals surface area contributed by atoms with E-state index in [0.717, 1.165) is 16.7 Å². The summed E-state index contributed by atoms with van der Waals surface area (Å²) in [4.78, 5) is 23.9. The van der Waals surface area contributed by atoms with Gasteiger partial charge in [-0.3, -0.25) is 20.4 Å². The van der Waals surface area contributed by atoms with Gasteiger partial charge in [0, 0.05) is 5.56 Å². The number of nitrogens with one attached hydrogen (secondary N) is 2. The number of aryl methyl sites for hydroxylation is 1. The third kappa shape index (κ3) is 5.08. The molecule has 0 radical (unpaired) electrons. The SMILES string of the molecule is Cc1cccc(OCC(=O)NNC(=O)c2ccc(C(C)C)cc2)c1C. The minimum absolute atomic E-state index is 0.170. The largest absolute Gasteiger partial charge is 0.483 e. The second kappa shape index (κ2) is 8.33. The van der Waals surface area contributed by atoms with Crippen LogP contribution in [0.3, 0.4) is 0 Å². The summed E-state index contributed by atoms with van der Waals surface area (Å²) < 4.78 is 5.50. The van der Waals surface area contributed by atoms with Crippen LogP contribution in [0, 0.1) is 13.8 Å². The van der Waals surface area contributed by atoms with Crippen molar-refractivity contribution in [2.75, 3.05) is 6.61 Å². The molecule has 0 aliphatic carbocycles. The number of benzene rings is 2. The van der Waals surface area contributed by atoms with E-state index in [9.17, 15) is 9.59 Å². The van der Waals surface area contributed by atoms with E-state index < -0.39 is 5.91 Å². The Bertz CT molecular complexity index is 752. The van der Waals surface area contributed by atoms with Crippen LogP contribution in [0.2, 0.25) is 0 Å². The summed E-state index contributed by atoms with van der Waals surface area (Å²) >= 11 is 0. The monoisotopic (exact) mass is 340 g/mol. The highest BCUT2D eigenvalue weighted by atomic mass is 16.5. The number of carbonyl (C=O) groups is 2. The van der Waals surface area contributed by atoms with Crippen LogP contribution in [0.15, 0.2) is 42.5 Å². The van der Waals surface area contributed by atoms with E-state index in [0.29, 0.717) is 17.2 Å². The lowest BCUT2D eigenvalue weighted by molar-refractivity contribution is -0.123. The zero-order valence-electron chi connectivity index (χ0n) is 15.1. The van der Waals surface area contributed by atoms with E-state index in [2.05, 4.69) is 24.7 Å². The molecule has 0 saturated heterocycles. The molecule has 2 aromatic rings. The standard InChI is InChI=1S/C20H24N2O3/c1-13(2)16-8-10-17(11-9-16)20(24)22-21-19(23)12-25-18-7-5-6-14(3)15(18)4/h5-11,13H,12H2,1-4H3,(H,21,23)(H,22,24). The van der Waals surface area contributed by atoms with Gasteiger partial charge in [-0.25, -0.2) is 0 Å². The molecule has 2 amide bonds. The number of hydrogen-bond donors (Lipinski definition) is 2. The zero-order chi connectivity index (χ0) is 18.4. The maximum Gasteiger partial charge on any atom is 0.276 e. The van der Waals surface area contributed by atoms with E-state index in [-0.39, 0.29) is 12.5 Å². The average Bonchev–Trinajstić information content (AvgIpc) is 2.61. The molecule has 0 fully saturated rings. The van der Waals surface area contributed by atoms with Crippen LogP contribution in [0.1, 0.15) is 46.8 Å². The fourth-order valence-electron chi connectivity index (χ4n) is 2.28.